The van der Waals surface area contributed by atoms with Gasteiger partial charge >= 0.3 is 0 Å². The Hall–Kier alpha value is -2.83. The van der Waals surface area contributed by atoms with E-state index in [-0.39, 0.29) is 18.4 Å². The van der Waals surface area contributed by atoms with E-state index < -0.39 is 0 Å². The van der Waals surface area contributed by atoms with Crippen LogP contribution in [0.1, 0.15) is 62.7 Å². The second-order valence-electron chi connectivity index (χ2n) is 6.95. The number of benzene rings is 1. The summed E-state index contributed by atoms with van der Waals surface area (Å²) in [5, 5.41) is 6.31. The molecule has 0 unspecified atom stereocenters. The molecule has 0 aliphatic rings. The number of hydrogen-bond donors (Lipinski definition) is 1. The topological polar surface area (TPSA) is 84.7 Å². The average molecular weight is 402 g/mol. The maximum atomic E-state index is 13.0. The molecular formula is C22H31N3O4. The van der Waals surface area contributed by atoms with Gasteiger partial charge in [-0.25, -0.2) is 0 Å². The van der Waals surface area contributed by atoms with Crippen LogP contribution in [0.3, 0.4) is 0 Å². The van der Waals surface area contributed by atoms with Crippen LogP contribution >= 0.6 is 0 Å². The van der Waals surface area contributed by atoms with Gasteiger partial charge in [-0.05, 0) is 37.1 Å². The SMILES string of the molecule is CCCCCCN(CC(=O)Nc1ccon1)C(=O)c1ccc(OCCCC)cc1. The fourth-order valence-electron chi connectivity index (χ4n) is 2.83. The van der Waals surface area contributed by atoms with Crippen molar-refractivity contribution in [1.29, 1.82) is 0 Å². The lowest BCUT2D eigenvalue weighted by Gasteiger charge is -2.22. The van der Waals surface area contributed by atoms with Gasteiger partial charge in [-0.2, -0.15) is 0 Å². The minimum absolute atomic E-state index is 0.0351. The number of unbranched alkanes of at least 4 members (excludes halogenated alkanes) is 4. The first kappa shape index (κ1) is 22.5. The van der Waals surface area contributed by atoms with E-state index >= 15 is 0 Å². The zero-order valence-electron chi connectivity index (χ0n) is 17.4. The van der Waals surface area contributed by atoms with Crippen LogP contribution in [0.4, 0.5) is 5.82 Å². The summed E-state index contributed by atoms with van der Waals surface area (Å²) < 4.78 is 10.4. The molecule has 0 spiro atoms. The number of rotatable bonds is 13. The van der Waals surface area contributed by atoms with Crippen molar-refractivity contribution < 1.29 is 18.8 Å². The van der Waals surface area contributed by atoms with E-state index in [1.165, 1.54) is 6.26 Å². The predicted octanol–water partition coefficient (Wildman–Crippen LogP) is 4.51. The summed E-state index contributed by atoms with van der Waals surface area (Å²) >= 11 is 0. The molecule has 2 rings (SSSR count). The first-order chi connectivity index (χ1) is 14.1. The van der Waals surface area contributed by atoms with E-state index in [1.54, 1.807) is 35.2 Å². The summed E-state index contributed by atoms with van der Waals surface area (Å²) in [5.41, 5.74) is 0.539. The maximum absolute atomic E-state index is 13.0. The Morgan fingerprint density at radius 1 is 1.03 bits per heavy atom. The number of carbonyl (C=O) groups excluding carboxylic acids is 2. The number of anilines is 1. The van der Waals surface area contributed by atoms with E-state index in [0.29, 0.717) is 24.5 Å². The Morgan fingerprint density at radius 3 is 2.45 bits per heavy atom. The highest BCUT2D eigenvalue weighted by Gasteiger charge is 2.19. The average Bonchev–Trinajstić information content (AvgIpc) is 3.23. The molecule has 1 N–H and O–H groups in total. The Balaban J connectivity index is 1.99. The number of nitrogens with one attached hydrogen (secondary N) is 1. The van der Waals surface area contributed by atoms with Gasteiger partial charge in [-0.3, -0.25) is 9.59 Å². The number of amides is 2. The van der Waals surface area contributed by atoms with Gasteiger partial charge in [0.2, 0.25) is 5.91 Å². The summed E-state index contributed by atoms with van der Waals surface area (Å²) in [7, 11) is 0. The van der Waals surface area contributed by atoms with E-state index in [1.807, 2.05) is 0 Å². The molecule has 158 valence electrons. The molecule has 1 aromatic carbocycles. The summed E-state index contributed by atoms with van der Waals surface area (Å²) in [4.78, 5) is 26.9. The van der Waals surface area contributed by atoms with Crippen molar-refractivity contribution in [2.75, 3.05) is 25.0 Å². The Bertz CT molecular complexity index is 729. The zero-order chi connectivity index (χ0) is 20.9. The molecular weight excluding hydrogens is 370 g/mol. The van der Waals surface area contributed by atoms with Crippen LogP contribution in [0.15, 0.2) is 41.1 Å². The molecule has 1 aromatic heterocycles. The molecule has 0 saturated heterocycles. The first-order valence-corrected chi connectivity index (χ1v) is 10.4. The lowest BCUT2D eigenvalue weighted by atomic mass is 10.1. The van der Waals surface area contributed by atoms with Crippen molar-refractivity contribution in [3.05, 3.63) is 42.2 Å². The monoisotopic (exact) mass is 401 g/mol. The fraction of sp³-hybridized carbons (Fsp3) is 0.500. The van der Waals surface area contributed by atoms with E-state index in [0.717, 1.165) is 44.3 Å². The third-order valence-electron chi connectivity index (χ3n) is 4.48. The van der Waals surface area contributed by atoms with Crippen LogP contribution in [0.25, 0.3) is 0 Å². The summed E-state index contributed by atoms with van der Waals surface area (Å²) in [6.45, 7) is 5.40. The maximum Gasteiger partial charge on any atom is 0.254 e. The highest BCUT2D eigenvalue weighted by molar-refractivity contribution is 5.99. The van der Waals surface area contributed by atoms with E-state index in [4.69, 9.17) is 9.26 Å². The van der Waals surface area contributed by atoms with Crippen LogP contribution in [-0.2, 0) is 4.79 Å². The van der Waals surface area contributed by atoms with Crippen LogP contribution in [-0.4, -0.2) is 41.6 Å². The third kappa shape index (κ3) is 7.97. The largest absolute Gasteiger partial charge is 0.494 e. The molecule has 0 saturated carbocycles. The smallest absolute Gasteiger partial charge is 0.254 e. The van der Waals surface area contributed by atoms with Gasteiger partial charge in [-0.1, -0.05) is 44.7 Å². The molecule has 0 atom stereocenters. The summed E-state index contributed by atoms with van der Waals surface area (Å²) in [6, 6.07) is 8.65. The number of carbonyl (C=O) groups is 2. The van der Waals surface area contributed by atoms with Crippen molar-refractivity contribution in [3.8, 4) is 5.75 Å². The van der Waals surface area contributed by atoms with Gasteiger partial charge < -0.3 is 19.5 Å². The molecule has 1 heterocycles. The van der Waals surface area contributed by atoms with Gasteiger partial charge in [0.25, 0.3) is 5.91 Å². The summed E-state index contributed by atoms with van der Waals surface area (Å²) in [6.07, 6.45) is 7.54. The number of nitrogens with zero attached hydrogens (tertiary/aromatic N) is 2. The molecule has 29 heavy (non-hydrogen) atoms. The molecule has 7 heteroatoms. The lowest BCUT2D eigenvalue weighted by molar-refractivity contribution is -0.117. The lowest BCUT2D eigenvalue weighted by Crippen LogP contribution is -2.38. The molecule has 7 nitrogen and oxygen atoms in total. The van der Waals surface area contributed by atoms with Crippen LogP contribution < -0.4 is 10.1 Å². The van der Waals surface area contributed by atoms with E-state index in [2.05, 4.69) is 24.3 Å². The molecule has 0 fully saturated rings. The van der Waals surface area contributed by atoms with Gasteiger partial charge in [0, 0.05) is 18.2 Å². The zero-order valence-corrected chi connectivity index (χ0v) is 17.4. The minimum atomic E-state index is -0.303. The quantitative estimate of drug-likeness (QED) is 0.499. The fourth-order valence-corrected chi connectivity index (χ4v) is 2.83. The Kier molecular flexibility index (Phi) is 9.75. The van der Waals surface area contributed by atoms with Crippen LogP contribution in [0.5, 0.6) is 5.75 Å². The second kappa shape index (κ2) is 12.6. The minimum Gasteiger partial charge on any atom is -0.494 e. The van der Waals surface area contributed by atoms with Gasteiger partial charge in [0.05, 0.1) is 6.61 Å². The van der Waals surface area contributed by atoms with Gasteiger partial charge in [-0.15, -0.1) is 0 Å². The normalized spacial score (nSPS) is 10.6. The number of ether oxygens (including phenoxy) is 1. The molecule has 0 aliphatic carbocycles. The number of hydrogen-bond acceptors (Lipinski definition) is 5. The number of aromatic nitrogens is 1. The van der Waals surface area contributed by atoms with Crippen molar-refractivity contribution in [2.24, 2.45) is 0 Å². The highest BCUT2D eigenvalue weighted by Crippen LogP contribution is 2.15. The predicted molar refractivity (Wildman–Crippen MR) is 112 cm³/mol. The summed E-state index contributed by atoms with van der Waals surface area (Å²) in [5.74, 6) is 0.606. The molecule has 2 aromatic rings. The van der Waals surface area contributed by atoms with Gasteiger partial charge in [0.1, 0.15) is 18.6 Å². The standard InChI is InChI=1S/C22H31N3O4/c1-3-5-7-8-14-25(17-21(26)23-20-13-16-29-24-20)22(27)18-9-11-19(12-10-18)28-15-6-4-2/h9-13,16H,3-8,14-15,17H2,1-2H3,(H,23,24,26). The molecule has 0 aliphatic heterocycles. The Labute approximate surface area is 172 Å². The van der Waals surface area contributed by atoms with Gasteiger partial charge in [0.15, 0.2) is 5.82 Å². The van der Waals surface area contributed by atoms with Crippen LogP contribution in [0, 0.1) is 0 Å². The first-order valence-electron chi connectivity index (χ1n) is 10.4. The van der Waals surface area contributed by atoms with E-state index in [9.17, 15) is 9.59 Å². The van der Waals surface area contributed by atoms with Crippen molar-refractivity contribution in [3.63, 3.8) is 0 Å². The Morgan fingerprint density at radius 2 is 1.79 bits per heavy atom. The van der Waals surface area contributed by atoms with Crippen molar-refractivity contribution >= 4 is 17.6 Å². The third-order valence-corrected chi connectivity index (χ3v) is 4.48. The van der Waals surface area contributed by atoms with Crippen molar-refractivity contribution in [2.45, 2.75) is 52.4 Å². The highest BCUT2D eigenvalue weighted by atomic mass is 16.5. The van der Waals surface area contributed by atoms with Crippen molar-refractivity contribution in [1.82, 2.24) is 10.1 Å². The molecule has 0 radical (unpaired) electrons. The molecule has 2 amide bonds. The molecule has 0 bridgehead atoms. The second-order valence-corrected chi connectivity index (χ2v) is 6.95. The van der Waals surface area contributed by atoms with Crippen LogP contribution in [0.2, 0.25) is 0 Å².